The van der Waals surface area contributed by atoms with Crippen molar-refractivity contribution in [2.24, 2.45) is 0 Å². The average Bonchev–Trinajstić information content (AvgIpc) is 2.80. The first-order chi connectivity index (χ1) is 10.2. The summed E-state index contributed by atoms with van der Waals surface area (Å²) in [7, 11) is 0. The molecule has 1 aromatic carbocycles. The first-order valence-corrected chi connectivity index (χ1v) is 7.62. The predicted molar refractivity (Wildman–Crippen MR) is 85.2 cm³/mol. The van der Waals surface area contributed by atoms with E-state index >= 15 is 0 Å². The first-order valence-electron chi connectivity index (χ1n) is 7.62. The lowest BCUT2D eigenvalue weighted by Crippen LogP contribution is -2.32. The Kier molecular flexibility index (Phi) is 5.39. The van der Waals surface area contributed by atoms with Gasteiger partial charge in [-0.25, -0.2) is 0 Å². The van der Waals surface area contributed by atoms with E-state index in [4.69, 9.17) is 4.42 Å². The van der Waals surface area contributed by atoms with E-state index in [9.17, 15) is 4.79 Å². The SMILES string of the molecule is CCN(CC)C(=O)CCNCc1c(C)oc2ccccc12. The largest absolute Gasteiger partial charge is 0.461 e. The fourth-order valence-corrected chi connectivity index (χ4v) is 2.58. The number of nitrogens with one attached hydrogen (secondary N) is 1. The highest BCUT2D eigenvalue weighted by Crippen LogP contribution is 2.24. The molecule has 0 saturated heterocycles. The molecule has 1 heterocycles. The van der Waals surface area contributed by atoms with Crippen molar-refractivity contribution in [1.29, 1.82) is 0 Å². The van der Waals surface area contributed by atoms with E-state index in [1.165, 1.54) is 5.56 Å². The Morgan fingerprint density at radius 1 is 1.24 bits per heavy atom. The molecule has 21 heavy (non-hydrogen) atoms. The lowest BCUT2D eigenvalue weighted by molar-refractivity contribution is -0.130. The third-order valence-corrected chi connectivity index (χ3v) is 3.83. The fourth-order valence-electron chi connectivity index (χ4n) is 2.58. The zero-order chi connectivity index (χ0) is 15.2. The van der Waals surface area contributed by atoms with Gasteiger partial charge in [0, 0.05) is 43.5 Å². The molecule has 4 heteroatoms. The van der Waals surface area contributed by atoms with Crippen molar-refractivity contribution in [2.45, 2.75) is 33.7 Å². The normalized spacial score (nSPS) is 11.0. The maximum Gasteiger partial charge on any atom is 0.223 e. The van der Waals surface area contributed by atoms with Crippen LogP contribution in [0.4, 0.5) is 0 Å². The topological polar surface area (TPSA) is 45.5 Å². The Bertz CT molecular complexity index is 600. The van der Waals surface area contributed by atoms with E-state index in [0.29, 0.717) is 13.0 Å². The van der Waals surface area contributed by atoms with Crippen molar-refractivity contribution in [1.82, 2.24) is 10.2 Å². The number of rotatable bonds is 7. The summed E-state index contributed by atoms with van der Waals surface area (Å²) in [5.41, 5.74) is 2.10. The van der Waals surface area contributed by atoms with Gasteiger partial charge in [-0.1, -0.05) is 18.2 Å². The number of carbonyl (C=O) groups excluding carboxylic acids is 1. The highest BCUT2D eigenvalue weighted by atomic mass is 16.3. The average molecular weight is 288 g/mol. The van der Waals surface area contributed by atoms with Crippen LogP contribution in [0.5, 0.6) is 0 Å². The van der Waals surface area contributed by atoms with E-state index < -0.39 is 0 Å². The van der Waals surface area contributed by atoms with E-state index in [0.717, 1.165) is 36.4 Å². The summed E-state index contributed by atoms with van der Waals surface area (Å²) >= 11 is 0. The summed E-state index contributed by atoms with van der Waals surface area (Å²) in [4.78, 5) is 13.8. The van der Waals surface area contributed by atoms with Crippen LogP contribution in [0.2, 0.25) is 0 Å². The van der Waals surface area contributed by atoms with Crippen LogP contribution in [0.1, 0.15) is 31.6 Å². The second kappa shape index (κ2) is 7.27. The number of fused-ring (bicyclic) bond motifs is 1. The van der Waals surface area contributed by atoms with E-state index in [-0.39, 0.29) is 5.91 Å². The predicted octanol–water partition coefficient (Wildman–Crippen LogP) is 3.09. The Labute approximate surface area is 126 Å². The van der Waals surface area contributed by atoms with E-state index in [2.05, 4.69) is 11.4 Å². The van der Waals surface area contributed by atoms with Gasteiger partial charge in [0.15, 0.2) is 0 Å². The quantitative estimate of drug-likeness (QED) is 0.796. The molecule has 0 bridgehead atoms. The van der Waals surface area contributed by atoms with Crippen molar-refractivity contribution in [2.75, 3.05) is 19.6 Å². The van der Waals surface area contributed by atoms with Crippen molar-refractivity contribution in [3.05, 3.63) is 35.6 Å². The maximum atomic E-state index is 11.9. The van der Waals surface area contributed by atoms with Gasteiger partial charge in [0.25, 0.3) is 0 Å². The zero-order valence-corrected chi connectivity index (χ0v) is 13.1. The molecule has 0 aliphatic rings. The van der Waals surface area contributed by atoms with Gasteiger partial charge >= 0.3 is 0 Å². The van der Waals surface area contributed by atoms with Gasteiger partial charge in [0.2, 0.25) is 5.91 Å². The number of amides is 1. The molecular weight excluding hydrogens is 264 g/mol. The zero-order valence-electron chi connectivity index (χ0n) is 13.1. The Morgan fingerprint density at radius 2 is 1.95 bits per heavy atom. The Hall–Kier alpha value is -1.81. The van der Waals surface area contributed by atoms with Gasteiger partial charge in [-0.3, -0.25) is 4.79 Å². The molecule has 1 aromatic heterocycles. The molecule has 0 spiro atoms. The lowest BCUT2D eigenvalue weighted by atomic mass is 10.1. The monoisotopic (exact) mass is 288 g/mol. The molecule has 0 saturated carbocycles. The standard InChI is InChI=1S/C17H24N2O2/c1-4-19(5-2)17(20)10-11-18-12-15-13(3)21-16-9-7-6-8-14(15)16/h6-9,18H,4-5,10-12H2,1-3H3. The summed E-state index contributed by atoms with van der Waals surface area (Å²) in [6.07, 6.45) is 0.538. The number of furan rings is 1. The van der Waals surface area contributed by atoms with Crippen LogP contribution < -0.4 is 5.32 Å². The molecule has 0 aliphatic heterocycles. The van der Waals surface area contributed by atoms with Gasteiger partial charge in [-0.15, -0.1) is 0 Å². The van der Waals surface area contributed by atoms with Crippen LogP contribution in [0.25, 0.3) is 11.0 Å². The number of nitrogens with zero attached hydrogens (tertiary/aromatic N) is 1. The molecule has 1 N–H and O–H groups in total. The van der Waals surface area contributed by atoms with Crippen molar-refractivity contribution >= 4 is 16.9 Å². The molecule has 4 nitrogen and oxygen atoms in total. The highest BCUT2D eigenvalue weighted by molar-refractivity contribution is 5.82. The summed E-state index contributed by atoms with van der Waals surface area (Å²) in [5, 5.41) is 4.50. The molecule has 2 rings (SSSR count). The Balaban J connectivity index is 1.88. The molecule has 1 amide bonds. The number of hydrogen-bond donors (Lipinski definition) is 1. The number of aryl methyl sites for hydroxylation is 1. The third kappa shape index (κ3) is 3.64. The van der Waals surface area contributed by atoms with Crippen LogP contribution in [0.15, 0.2) is 28.7 Å². The summed E-state index contributed by atoms with van der Waals surface area (Å²) < 4.78 is 5.74. The number of carbonyl (C=O) groups is 1. The van der Waals surface area contributed by atoms with Crippen LogP contribution in [0.3, 0.4) is 0 Å². The van der Waals surface area contributed by atoms with Gasteiger partial charge < -0.3 is 14.6 Å². The van der Waals surface area contributed by atoms with Gasteiger partial charge in [0.1, 0.15) is 11.3 Å². The lowest BCUT2D eigenvalue weighted by Gasteiger charge is -2.18. The maximum absolute atomic E-state index is 11.9. The minimum atomic E-state index is 0.210. The molecular formula is C17H24N2O2. The van der Waals surface area contributed by atoms with Crippen molar-refractivity contribution in [3.8, 4) is 0 Å². The van der Waals surface area contributed by atoms with Gasteiger partial charge in [-0.2, -0.15) is 0 Å². The van der Waals surface area contributed by atoms with Crippen molar-refractivity contribution < 1.29 is 9.21 Å². The highest BCUT2D eigenvalue weighted by Gasteiger charge is 2.11. The smallest absolute Gasteiger partial charge is 0.223 e. The minimum absolute atomic E-state index is 0.210. The van der Waals surface area contributed by atoms with Crippen LogP contribution >= 0.6 is 0 Å². The molecule has 0 atom stereocenters. The number of hydrogen-bond acceptors (Lipinski definition) is 3. The van der Waals surface area contributed by atoms with E-state index in [1.54, 1.807) is 0 Å². The summed E-state index contributed by atoms with van der Waals surface area (Å²) in [6, 6.07) is 8.05. The minimum Gasteiger partial charge on any atom is -0.461 e. The van der Waals surface area contributed by atoms with Gasteiger partial charge in [-0.05, 0) is 26.8 Å². The van der Waals surface area contributed by atoms with Crippen LogP contribution in [-0.4, -0.2) is 30.4 Å². The second-order valence-corrected chi connectivity index (χ2v) is 5.13. The van der Waals surface area contributed by atoms with E-state index in [1.807, 2.05) is 43.9 Å². The molecule has 0 aliphatic carbocycles. The molecule has 0 unspecified atom stereocenters. The number of benzene rings is 1. The second-order valence-electron chi connectivity index (χ2n) is 5.13. The Morgan fingerprint density at radius 3 is 2.67 bits per heavy atom. The summed E-state index contributed by atoms with van der Waals surface area (Å²) in [6.45, 7) is 8.98. The number of para-hydroxylation sites is 1. The van der Waals surface area contributed by atoms with Crippen molar-refractivity contribution in [3.63, 3.8) is 0 Å². The first kappa shape index (κ1) is 15.6. The molecule has 114 valence electrons. The molecule has 0 radical (unpaired) electrons. The van der Waals surface area contributed by atoms with Crippen LogP contribution in [-0.2, 0) is 11.3 Å². The molecule has 0 fully saturated rings. The van der Waals surface area contributed by atoms with Crippen LogP contribution in [0, 0.1) is 6.92 Å². The molecule has 2 aromatic rings. The fraction of sp³-hybridized carbons (Fsp3) is 0.471. The summed E-state index contributed by atoms with van der Waals surface area (Å²) in [5.74, 6) is 1.15. The third-order valence-electron chi connectivity index (χ3n) is 3.83. The van der Waals surface area contributed by atoms with Gasteiger partial charge in [0.05, 0.1) is 0 Å².